The number of fused-ring (bicyclic) bond motifs is 1. The standard InChI is InChI=1S/C18H24Cl2N2O/c1-21(2)16-6-11-8-17(9-12(11)7-16)22(3)18(23)13-4-14(19)10-15(20)5-13/h4-5,10-12,16-17H,6-9H2,1-3H3/t11-,12+,16?,17?. The lowest BCUT2D eigenvalue weighted by Crippen LogP contribution is -2.36. The molecule has 2 saturated carbocycles. The van der Waals surface area contributed by atoms with E-state index < -0.39 is 0 Å². The third-order valence-electron chi connectivity index (χ3n) is 5.67. The summed E-state index contributed by atoms with van der Waals surface area (Å²) in [6, 6.07) is 6.09. The second kappa shape index (κ2) is 6.62. The van der Waals surface area contributed by atoms with Crippen LogP contribution in [-0.2, 0) is 0 Å². The van der Waals surface area contributed by atoms with Gasteiger partial charge in [0.2, 0.25) is 0 Å². The maximum absolute atomic E-state index is 12.7. The first-order valence-electron chi connectivity index (χ1n) is 8.25. The fourth-order valence-electron chi connectivity index (χ4n) is 4.34. The molecule has 23 heavy (non-hydrogen) atoms. The van der Waals surface area contributed by atoms with Crippen molar-refractivity contribution in [1.29, 1.82) is 0 Å². The second-order valence-electron chi connectivity index (χ2n) is 7.31. The highest BCUT2D eigenvalue weighted by atomic mass is 35.5. The van der Waals surface area contributed by atoms with Crippen molar-refractivity contribution < 1.29 is 4.79 Å². The monoisotopic (exact) mass is 354 g/mol. The fraction of sp³-hybridized carbons (Fsp3) is 0.611. The molecule has 0 aromatic heterocycles. The zero-order valence-electron chi connectivity index (χ0n) is 13.9. The van der Waals surface area contributed by atoms with Crippen LogP contribution in [0.1, 0.15) is 36.0 Å². The van der Waals surface area contributed by atoms with Crippen LogP contribution in [-0.4, -0.2) is 48.9 Å². The van der Waals surface area contributed by atoms with Crippen molar-refractivity contribution in [2.45, 2.75) is 37.8 Å². The van der Waals surface area contributed by atoms with Gasteiger partial charge >= 0.3 is 0 Å². The quantitative estimate of drug-likeness (QED) is 0.812. The van der Waals surface area contributed by atoms with E-state index in [-0.39, 0.29) is 5.91 Å². The molecule has 1 amide bonds. The molecule has 126 valence electrons. The van der Waals surface area contributed by atoms with Crippen LogP contribution in [0.25, 0.3) is 0 Å². The molecular formula is C18H24Cl2N2O. The number of amides is 1. The highest BCUT2D eigenvalue weighted by Gasteiger charge is 2.44. The van der Waals surface area contributed by atoms with E-state index in [1.165, 1.54) is 12.8 Å². The van der Waals surface area contributed by atoms with E-state index in [1.54, 1.807) is 18.2 Å². The lowest BCUT2D eigenvalue weighted by molar-refractivity contribution is 0.0726. The van der Waals surface area contributed by atoms with Crippen molar-refractivity contribution >= 4 is 29.1 Å². The van der Waals surface area contributed by atoms with Gasteiger partial charge in [0, 0.05) is 34.7 Å². The number of carbonyl (C=O) groups excluding carboxylic acids is 1. The highest BCUT2D eigenvalue weighted by molar-refractivity contribution is 6.35. The summed E-state index contributed by atoms with van der Waals surface area (Å²) >= 11 is 12.0. The van der Waals surface area contributed by atoms with Crippen molar-refractivity contribution in [2.24, 2.45) is 11.8 Å². The van der Waals surface area contributed by atoms with Gasteiger partial charge < -0.3 is 9.80 Å². The molecule has 3 rings (SSSR count). The predicted molar refractivity (Wildman–Crippen MR) is 95.3 cm³/mol. The van der Waals surface area contributed by atoms with E-state index >= 15 is 0 Å². The molecule has 1 aromatic carbocycles. The number of hydrogen-bond donors (Lipinski definition) is 0. The topological polar surface area (TPSA) is 23.6 Å². The third kappa shape index (κ3) is 3.52. The molecule has 2 unspecified atom stereocenters. The summed E-state index contributed by atoms with van der Waals surface area (Å²) in [4.78, 5) is 17.0. The number of halogens is 2. The molecule has 3 nitrogen and oxygen atoms in total. The van der Waals surface area contributed by atoms with Crippen LogP contribution in [0.5, 0.6) is 0 Å². The molecule has 4 atom stereocenters. The van der Waals surface area contributed by atoms with Crippen molar-refractivity contribution in [3.8, 4) is 0 Å². The van der Waals surface area contributed by atoms with Crippen LogP contribution in [0.3, 0.4) is 0 Å². The van der Waals surface area contributed by atoms with E-state index in [0.717, 1.165) is 24.7 Å². The number of benzene rings is 1. The van der Waals surface area contributed by atoms with E-state index in [1.807, 2.05) is 11.9 Å². The zero-order chi connectivity index (χ0) is 16.7. The van der Waals surface area contributed by atoms with Crippen LogP contribution >= 0.6 is 23.2 Å². The highest BCUT2D eigenvalue weighted by Crippen LogP contribution is 2.46. The number of rotatable bonds is 3. The van der Waals surface area contributed by atoms with Gasteiger partial charge in [-0.05, 0) is 69.8 Å². The Labute approximate surface area is 148 Å². The van der Waals surface area contributed by atoms with E-state index in [4.69, 9.17) is 23.2 Å². The van der Waals surface area contributed by atoms with Gasteiger partial charge in [0.1, 0.15) is 0 Å². The summed E-state index contributed by atoms with van der Waals surface area (Å²) in [7, 11) is 6.25. The van der Waals surface area contributed by atoms with Crippen LogP contribution in [0.15, 0.2) is 18.2 Å². The lowest BCUT2D eigenvalue weighted by atomic mass is 10.0. The van der Waals surface area contributed by atoms with Crippen LogP contribution in [0.2, 0.25) is 10.0 Å². The molecule has 0 saturated heterocycles. The van der Waals surface area contributed by atoms with E-state index in [9.17, 15) is 4.79 Å². The Morgan fingerprint density at radius 2 is 1.39 bits per heavy atom. The lowest BCUT2D eigenvalue weighted by Gasteiger charge is -2.27. The largest absolute Gasteiger partial charge is 0.339 e. The summed E-state index contributed by atoms with van der Waals surface area (Å²) < 4.78 is 0. The molecule has 5 heteroatoms. The van der Waals surface area contributed by atoms with Crippen LogP contribution in [0, 0.1) is 11.8 Å². The Morgan fingerprint density at radius 1 is 0.913 bits per heavy atom. The first-order chi connectivity index (χ1) is 10.8. The minimum atomic E-state index is 0.0172. The van der Waals surface area contributed by atoms with Gasteiger partial charge in [-0.1, -0.05) is 23.2 Å². The molecule has 0 aliphatic heterocycles. The predicted octanol–water partition coefficient (Wildman–Crippen LogP) is 4.18. The van der Waals surface area contributed by atoms with E-state index in [2.05, 4.69) is 19.0 Å². The number of nitrogens with zero attached hydrogens (tertiary/aromatic N) is 2. The van der Waals surface area contributed by atoms with Crippen molar-refractivity contribution in [3.05, 3.63) is 33.8 Å². The van der Waals surface area contributed by atoms with Crippen molar-refractivity contribution in [2.75, 3.05) is 21.1 Å². The summed E-state index contributed by atoms with van der Waals surface area (Å²) in [5, 5.41) is 1.01. The van der Waals surface area contributed by atoms with Gasteiger partial charge in [0.25, 0.3) is 5.91 Å². The Bertz CT molecular complexity index is 570. The Balaban J connectivity index is 1.66. The van der Waals surface area contributed by atoms with Crippen LogP contribution in [0.4, 0.5) is 0 Å². The van der Waals surface area contributed by atoms with Gasteiger partial charge in [-0.15, -0.1) is 0 Å². The zero-order valence-corrected chi connectivity index (χ0v) is 15.4. The summed E-state index contributed by atoms with van der Waals surface area (Å²) in [6.07, 6.45) is 4.76. The molecule has 0 N–H and O–H groups in total. The third-order valence-corrected chi connectivity index (χ3v) is 6.11. The summed E-state index contributed by atoms with van der Waals surface area (Å²) in [5.74, 6) is 1.53. The van der Waals surface area contributed by atoms with Gasteiger partial charge in [-0.3, -0.25) is 4.79 Å². The van der Waals surface area contributed by atoms with Gasteiger partial charge in [0.15, 0.2) is 0 Å². The molecule has 2 aliphatic rings. The maximum Gasteiger partial charge on any atom is 0.253 e. The molecule has 0 spiro atoms. The van der Waals surface area contributed by atoms with Gasteiger partial charge in [-0.2, -0.15) is 0 Å². The molecular weight excluding hydrogens is 331 g/mol. The average Bonchev–Trinajstić information content (AvgIpc) is 3.03. The molecule has 2 aliphatic carbocycles. The average molecular weight is 355 g/mol. The Hall–Kier alpha value is -0.770. The molecule has 0 bridgehead atoms. The molecule has 1 aromatic rings. The fourth-order valence-corrected chi connectivity index (χ4v) is 4.86. The van der Waals surface area contributed by atoms with Crippen molar-refractivity contribution in [3.63, 3.8) is 0 Å². The Kier molecular flexibility index (Phi) is 4.91. The number of carbonyl (C=O) groups is 1. The molecule has 0 heterocycles. The second-order valence-corrected chi connectivity index (χ2v) is 8.18. The summed E-state index contributed by atoms with van der Waals surface area (Å²) in [6.45, 7) is 0. The SMILES string of the molecule is CN(C)C1C[C@@H]2CC(N(C)C(=O)c3cc(Cl)cc(Cl)c3)C[C@@H]2C1. The smallest absolute Gasteiger partial charge is 0.253 e. The minimum absolute atomic E-state index is 0.0172. The normalized spacial score (nSPS) is 29.8. The molecule has 0 radical (unpaired) electrons. The maximum atomic E-state index is 12.7. The van der Waals surface area contributed by atoms with Gasteiger partial charge in [0.05, 0.1) is 0 Å². The minimum Gasteiger partial charge on any atom is -0.339 e. The van der Waals surface area contributed by atoms with E-state index in [0.29, 0.717) is 27.7 Å². The Morgan fingerprint density at radius 3 is 1.87 bits per heavy atom. The first kappa shape index (κ1) is 17.1. The number of hydrogen-bond acceptors (Lipinski definition) is 2. The molecule has 2 fully saturated rings. The van der Waals surface area contributed by atoms with Crippen LogP contribution < -0.4 is 0 Å². The van der Waals surface area contributed by atoms with Gasteiger partial charge in [-0.25, -0.2) is 0 Å². The summed E-state index contributed by atoms with van der Waals surface area (Å²) in [5.41, 5.74) is 0.577. The first-order valence-corrected chi connectivity index (χ1v) is 9.00. The van der Waals surface area contributed by atoms with Crippen molar-refractivity contribution in [1.82, 2.24) is 9.80 Å².